The van der Waals surface area contributed by atoms with Crippen molar-refractivity contribution in [2.24, 2.45) is 0 Å². The van der Waals surface area contributed by atoms with Gasteiger partial charge in [0.05, 0.1) is 34.3 Å². The highest BCUT2D eigenvalue weighted by molar-refractivity contribution is 7.70. The lowest BCUT2D eigenvalue weighted by molar-refractivity contribution is -0.137. The molecule has 0 unspecified atom stereocenters. The van der Waals surface area contributed by atoms with Gasteiger partial charge in [0.15, 0.2) is 0 Å². The number of aliphatic hydroxyl groups excluding tert-OH is 1. The molecule has 0 saturated heterocycles. The first-order valence-corrected chi connectivity index (χ1v) is 13.1. The summed E-state index contributed by atoms with van der Waals surface area (Å²) < 4.78 is 54.4. The van der Waals surface area contributed by atoms with Gasteiger partial charge in [0.2, 0.25) is 5.95 Å². The van der Waals surface area contributed by atoms with Gasteiger partial charge in [0.25, 0.3) is 0 Å². The van der Waals surface area contributed by atoms with Crippen LogP contribution in [-0.4, -0.2) is 45.5 Å². The molecule has 1 saturated carbocycles. The molecule has 0 aliphatic heterocycles. The quantitative estimate of drug-likeness (QED) is 0.478. The molecule has 3 aromatic rings. The third-order valence-corrected chi connectivity index (χ3v) is 7.36. The van der Waals surface area contributed by atoms with E-state index < -0.39 is 25.0 Å². The fourth-order valence-corrected chi connectivity index (χ4v) is 5.80. The summed E-state index contributed by atoms with van der Waals surface area (Å²) in [5, 5.41) is 23.1. The first-order valence-electron chi connectivity index (χ1n) is 10.5. The molecule has 174 valence electrons. The third kappa shape index (κ3) is 4.61. The van der Waals surface area contributed by atoms with Crippen molar-refractivity contribution in [2.45, 2.75) is 44.0 Å². The predicted octanol–water partition coefficient (Wildman–Crippen LogP) is 4.48. The van der Waals surface area contributed by atoms with Crippen LogP contribution in [0.5, 0.6) is 0 Å². The summed E-state index contributed by atoms with van der Waals surface area (Å²) >= 11 is 0. The number of rotatable bonds is 4. The minimum absolute atomic E-state index is 0.0389. The van der Waals surface area contributed by atoms with Crippen molar-refractivity contribution in [2.75, 3.05) is 18.6 Å². The number of aliphatic hydroxyl groups is 1. The van der Waals surface area contributed by atoms with E-state index in [-0.39, 0.29) is 28.8 Å². The van der Waals surface area contributed by atoms with Crippen molar-refractivity contribution in [3.8, 4) is 17.3 Å². The molecule has 1 aliphatic carbocycles. The number of hydrogen-bond acceptors (Lipinski definition) is 6. The normalized spacial score (nSPS) is 19.4. The van der Waals surface area contributed by atoms with Crippen LogP contribution in [0.3, 0.4) is 0 Å². The van der Waals surface area contributed by atoms with Crippen LogP contribution in [0.15, 0.2) is 24.5 Å². The van der Waals surface area contributed by atoms with Crippen molar-refractivity contribution in [1.82, 2.24) is 15.0 Å². The van der Waals surface area contributed by atoms with Gasteiger partial charge in [-0.05, 0) is 45.1 Å². The first kappa shape index (κ1) is 23.3. The van der Waals surface area contributed by atoms with Crippen LogP contribution in [0.4, 0.5) is 19.1 Å². The number of nitriles is 1. The van der Waals surface area contributed by atoms with Gasteiger partial charge in [-0.3, -0.25) is 0 Å². The van der Waals surface area contributed by atoms with Gasteiger partial charge in [-0.2, -0.15) is 18.4 Å². The maximum Gasteiger partial charge on any atom is 0.419 e. The molecule has 7 nitrogen and oxygen atoms in total. The Kier molecular flexibility index (Phi) is 5.97. The lowest BCUT2D eigenvalue weighted by Gasteiger charge is -2.26. The maximum absolute atomic E-state index is 13.8. The zero-order valence-electron chi connectivity index (χ0n) is 18.1. The highest BCUT2D eigenvalue weighted by atomic mass is 31.2. The molecule has 1 aliphatic rings. The fourth-order valence-electron chi connectivity index (χ4n) is 4.37. The SMILES string of the molecule is CP(C)(=O)c1c(C#N)ccc2c(-c3nc(N[C@H]4CCC[C@@H](O)C4)ncc3C(F)(F)F)c[nH]c12. The van der Waals surface area contributed by atoms with Crippen molar-refractivity contribution < 1.29 is 22.8 Å². The number of aromatic amines is 1. The van der Waals surface area contributed by atoms with E-state index in [2.05, 4.69) is 20.3 Å². The Hall–Kier alpha value is -2.89. The summed E-state index contributed by atoms with van der Waals surface area (Å²) in [4.78, 5) is 11.0. The highest BCUT2D eigenvalue weighted by Gasteiger charge is 2.36. The number of halogens is 3. The van der Waals surface area contributed by atoms with Gasteiger partial charge in [-0.1, -0.05) is 6.07 Å². The van der Waals surface area contributed by atoms with E-state index in [4.69, 9.17) is 0 Å². The van der Waals surface area contributed by atoms with Gasteiger partial charge in [-0.25, -0.2) is 9.97 Å². The Morgan fingerprint density at radius 3 is 2.70 bits per heavy atom. The van der Waals surface area contributed by atoms with E-state index in [0.717, 1.165) is 19.0 Å². The molecule has 11 heteroatoms. The molecule has 0 bridgehead atoms. The van der Waals surface area contributed by atoms with Crippen LogP contribution in [0.1, 0.15) is 36.8 Å². The monoisotopic (exact) mass is 477 g/mol. The number of nitrogens with one attached hydrogen (secondary N) is 2. The first-order chi connectivity index (χ1) is 15.5. The number of benzene rings is 1. The Morgan fingerprint density at radius 1 is 1.30 bits per heavy atom. The molecule has 0 radical (unpaired) electrons. The molecule has 0 amide bonds. The summed E-state index contributed by atoms with van der Waals surface area (Å²) in [6.07, 6.45) is -0.314. The standard InChI is InChI=1S/C22H23F3N5O2P/c1-33(2,32)20-12(9-26)6-7-15-16(10-27-19(15)20)18-17(22(23,24)25)11-28-21(30-18)29-13-4-3-5-14(31)8-13/h6-7,10-11,13-14,27,31H,3-5,8H2,1-2H3,(H,28,29,30)/t13-,14+/m0/s1. The van der Waals surface area contributed by atoms with Gasteiger partial charge in [0, 0.05) is 29.4 Å². The van der Waals surface area contributed by atoms with E-state index in [1.54, 1.807) is 0 Å². The minimum Gasteiger partial charge on any atom is -0.393 e. The van der Waals surface area contributed by atoms with E-state index in [0.29, 0.717) is 29.0 Å². The van der Waals surface area contributed by atoms with E-state index >= 15 is 0 Å². The molecule has 4 rings (SSSR count). The molecular weight excluding hydrogens is 454 g/mol. The van der Waals surface area contributed by atoms with Crippen LogP contribution in [-0.2, 0) is 10.7 Å². The summed E-state index contributed by atoms with van der Waals surface area (Å²) in [5.41, 5.74) is -0.583. The zero-order valence-corrected chi connectivity index (χ0v) is 19.0. The second-order valence-electron chi connectivity index (χ2n) is 8.66. The van der Waals surface area contributed by atoms with Gasteiger partial charge in [-0.15, -0.1) is 0 Å². The van der Waals surface area contributed by atoms with E-state index in [9.17, 15) is 28.1 Å². The van der Waals surface area contributed by atoms with Crippen LogP contribution in [0.25, 0.3) is 22.2 Å². The minimum atomic E-state index is -4.70. The van der Waals surface area contributed by atoms with Crippen molar-refractivity contribution >= 4 is 29.3 Å². The maximum atomic E-state index is 13.8. The predicted molar refractivity (Wildman–Crippen MR) is 120 cm³/mol. The molecule has 2 aromatic heterocycles. The summed E-state index contributed by atoms with van der Waals surface area (Å²) in [6.45, 7) is 3.02. The molecular formula is C22H23F3N5O2P. The number of anilines is 1. The van der Waals surface area contributed by atoms with Crippen LogP contribution in [0, 0.1) is 11.3 Å². The largest absolute Gasteiger partial charge is 0.419 e. The van der Waals surface area contributed by atoms with Crippen LogP contribution < -0.4 is 10.6 Å². The second-order valence-corrected chi connectivity index (χ2v) is 11.8. The Morgan fingerprint density at radius 2 is 2.06 bits per heavy atom. The Balaban J connectivity index is 1.87. The summed E-state index contributed by atoms with van der Waals surface area (Å²) in [6, 6.07) is 4.86. The van der Waals surface area contributed by atoms with E-state index in [1.807, 2.05) is 6.07 Å². The summed E-state index contributed by atoms with van der Waals surface area (Å²) in [7, 11) is -2.92. The average Bonchev–Trinajstić information content (AvgIpc) is 3.15. The zero-order chi connectivity index (χ0) is 24.0. The number of nitrogens with zero attached hydrogens (tertiary/aromatic N) is 3. The van der Waals surface area contributed by atoms with Gasteiger partial charge < -0.3 is 20.0 Å². The Labute approximate surface area is 188 Å². The van der Waals surface area contributed by atoms with E-state index in [1.165, 1.54) is 31.7 Å². The smallest absolute Gasteiger partial charge is 0.393 e. The lowest BCUT2D eigenvalue weighted by atomic mass is 9.93. The number of hydrogen-bond donors (Lipinski definition) is 3. The van der Waals surface area contributed by atoms with Crippen molar-refractivity contribution in [3.63, 3.8) is 0 Å². The Bertz CT molecular complexity index is 1290. The molecule has 2 heterocycles. The van der Waals surface area contributed by atoms with Gasteiger partial charge in [0.1, 0.15) is 12.7 Å². The number of aromatic nitrogens is 3. The molecule has 2 atom stereocenters. The third-order valence-electron chi connectivity index (χ3n) is 5.82. The van der Waals surface area contributed by atoms with Crippen molar-refractivity contribution in [3.05, 3.63) is 35.7 Å². The summed E-state index contributed by atoms with van der Waals surface area (Å²) in [5.74, 6) is 0.0389. The highest BCUT2D eigenvalue weighted by Crippen LogP contribution is 2.43. The molecule has 33 heavy (non-hydrogen) atoms. The van der Waals surface area contributed by atoms with Crippen molar-refractivity contribution in [1.29, 1.82) is 5.26 Å². The lowest BCUT2D eigenvalue weighted by Crippen LogP contribution is -2.30. The fraction of sp³-hybridized carbons (Fsp3) is 0.409. The molecule has 1 fully saturated rings. The topological polar surface area (TPSA) is 115 Å². The number of alkyl halides is 3. The molecule has 1 aromatic carbocycles. The molecule has 0 spiro atoms. The number of H-pyrrole nitrogens is 1. The van der Waals surface area contributed by atoms with Crippen LogP contribution in [0.2, 0.25) is 0 Å². The van der Waals surface area contributed by atoms with Gasteiger partial charge >= 0.3 is 6.18 Å². The molecule has 3 N–H and O–H groups in total. The second kappa shape index (κ2) is 8.47. The average molecular weight is 477 g/mol. The number of fused-ring (bicyclic) bond motifs is 1. The van der Waals surface area contributed by atoms with Crippen LogP contribution >= 0.6 is 7.14 Å².